The molecule has 2 N–H and O–H groups in total. The molecular weight excluding hydrogens is 222 g/mol. The van der Waals surface area contributed by atoms with Crippen LogP contribution in [0, 0.1) is 0 Å². The molecule has 1 aromatic carbocycles. The van der Waals surface area contributed by atoms with E-state index in [1.54, 1.807) is 13.3 Å². The van der Waals surface area contributed by atoms with E-state index in [1.807, 2.05) is 49.4 Å². The molecule has 0 aliphatic heterocycles. The summed E-state index contributed by atoms with van der Waals surface area (Å²) in [5.74, 6) is 0. The number of anilines is 1. The molecule has 3 nitrogen and oxygen atoms in total. The fourth-order valence-electron chi connectivity index (χ4n) is 1.56. The molecule has 0 unspecified atom stereocenters. The predicted octanol–water partition coefficient (Wildman–Crippen LogP) is 3.20. The Morgan fingerprint density at radius 3 is 2.50 bits per heavy atom. The molecule has 18 heavy (non-hydrogen) atoms. The molecular formula is C15H21N3. The molecule has 1 rings (SSSR count). The van der Waals surface area contributed by atoms with Crippen LogP contribution in [0.3, 0.4) is 0 Å². The Hall–Kier alpha value is -2.03. The van der Waals surface area contributed by atoms with Crippen molar-refractivity contribution in [3.8, 4) is 0 Å². The highest BCUT2D eigenvalue weighted by Crippen LogP contribution is 2.13. The fourth-order valence-corrected chi connectivity index (χ4v) is 1.56. The lowest BCUT2D eigenvalue weighted by Crippen LogP contribution is -2.18. The van der Waals surface area contributed by atoms with Gasteiger partial charge in [-0.3, -0.25) is 4.99 Å². The van der Waals surface area contributed by atoms with Gasteiger partial charge in [0.2, 0.25) is 0 Å². The minimum Gasteiger partial charge on any atom is -0.384 e. The van der Waals surface area contributed by atoms with E-state index in [1.165, 1.54) is 0 Å². The first kappa shape index (κ1) is 14.0. The molecule has 0 spiro atoms. The molecule has 96 valence electrons. The van der Waals surface area contributed by atoms with Crippen molar-refractivity contribution >= 4 is 11.9 Å². The zero-order valence-electron chi connectivity index (χ0n) is 11.3. The minimum atomic E-state index is 0.872. The number of rotatable bonds is 6. The minimum absolute atomic E-state index is 0.872. The van der Waals surface area contributed by atoms with Crippen LogP contribution in [0.1, 0.15) is 13.8 Å². The highest BCUT2D eigenvalue weighted by Gasteiger charge is 2.02. The fraction of sp³-hybridized carbons (Fsp3) is 0.267. The van der Waals surface area contributed by atoms with Crippen molar-refractivity contribution in [1.29, 1.82) is 0 Å². The van der Waals surface area contributed by atoms with Crippen LogP contribution in [-0.2, 0) is 0 Å². The lowest BCUT2D eigenvalue weighted by molar-refractivity contribution is 0.864. The third-order valence-electron chi connectivity index (χ3n) is 2.39. The van der Waals surface area contributed by atoms with Crippen molar-refractivity contribution < 1.29 is 0 Å². The number of benzene rings is 1. The van der Waals surface area contributed by atoms with E-state index in [0.717, 1.165) is 23.6 Å². The maximum Gasteiger partial charge on any atom is 0.0591 e. The Morgan fingerprint density at radius 2 is 1.94 bits per heavy atom. The Balaban J connectivity index is 2.87. The van der Waals surface area contributed by atoms with Crippen LogP contribution in [0.4, 0.5) is 5.69 Å². The van der Waals surface area contributed by atoms with Gasteiger partial charge in [-0.2, -0.15) is 0 Å². The summed E-state index contributed by atoms with van der Waals surface area (Å²) in [5, 5.41) is 6.72. The van der Waals surface area contributed by atoms with Crippen LogP contribution < -0.4 is 10.6 Å². The average molecular weight is 243 g/mol. The molecule has 0 bridgehead atoms. The zero-order valence-corrected chi connectivity index (χ0v) is 11.3. The van der Waals surface area contributed by atoms with E-state index in [4.69, 9.17) is 0 Å². The molecule has 0 fully saturated rings. The first-order chi connectivity index (χ1) is 8.81. The van der Waals surface area contributed by atoms with Gasteiger partial charge in [-0.1, -0.05) is 24.3 Å². The van der Waals surface area contributed by atoms with Gasteiger partial charge in [0.1, 0.15) is 0 Å². The van der Waals surface area contributed by atoms with Crippen molar-refractivity contribution in [2.75, 3.05) is 18.9 Å². The summed E-state index contributed by atoms with van der Waals surface area (Å²) in [4.78, 5) is 3.99. The smallest absolute Gasteiger partial charge is 0.0591 e. The van der Waals surface area contributed by atoms with Crippen LogP contribution in [-0.4, -0.2) is 19.8 Å². The highest BCUT2D eigenvalue weighted by atomic mass is 15.0. The van der Waals surface area contributed by atoms with Crippen LogP contribution >= 0.6 is 0 Å². The first-order valence-corrected chi connectivity index (χ1v) is 6.16. The molecule has 0 saturated heterocycles. The van der Waals surface area contributed by atoms with E-state index in [9.17, 15) is 0 Å². The van der Waals surface area contributed by atoms with Crippen molar-refractivity contribution in [3.05, 3.63) is 53.9 Å². The van der Waals surface area contributed by atoms with Crippen LogP contribution in [0.15, 0.2) is 58.9 Å². The van der Waals surface area contributed by atoms with E-state index in [-0.39, 0.29) is 0 Å². The molecule has 3 heteroatoms. The van der Waals surface area contributed by atoms with Gasteiger partial charge < -0.3 is 10.6 Å². The zero-order chi connectivity index (χ0) is 13.2. The second-order valence-electron chi connectivity index (χ2n) is 3.71. The van der Waals surface area contributed by atoms with E-state index in [0.29, 0.717) is 0 Å². The van der Waals surface area contributed by atoms with Gasteiger partial charge in [0.15, 0.2) is 0 Å². The van der Waals surface area contributed by atoms with Gasteiger partial charge in [0.05, 0.1) is 11.4 Å². The third-order valence-corrected chi connectivity index (χ3v) is 2.39. The maximum atomic E-state index is 3.99. The summed E-state index contributed by atoms with van der Waals surface area (Å²) >= 11 is 0. The number of hydrogen-bond acceptors (Lipinski definition) is 3. The Labute approximate surface area is 109 Å². The van der Waals surface area contributed by atoms with Crippen LogP contribution in [0.5, 0.6) is 0 Å². The molecule has 0 saturated carbocycles. The number of likely N-dealkylation sites (N-methyl/N-ethyl adjacent to an activating group) is 1. The maximum absolute atomic E-state index is 3.99. The van der Waals surface area contributed by atoms with Gasteiger partial charge in [-0.05, 0) is 32.1 Å². The van der Waals surface area contributed by atoms with E-state index < -0.39 is 0 Å². The van der Waals surface area contributed by atoms with E-state index >= 15 is 0 Å². The van der Waals surface area contributed by atoms with Crippen molar-refractivity contribution in [3.63, 3.8) is 0 Å². The van der Waals surface area contributed by atoms with Gasteiger partial charge >= 0.3 is 0 Å². The summed E-state index contributed by atoms with van der Waals surface area (Å²) in [6.45, 7) is 4.96. The summed E-state index contributed by atoms with van der Waals surface area (Å²) < 4.78 is 0. The monoisotopic (exact) mass is 243 g/mol. The van der Waals surface area contributed by atoms with Crippen molar-refractivity contribution in [2.24, 2.45) is 4.99 Å². The highest BCUT2D eigenvalue weighted by molar-refractivity contribution is 5.74. The molecule has 0 heterocycles. The number of nitrogens with one attached hydrogen (secondary N) is 2. The molecule has 0 radical (unpaired) electrons. The molecule has 0 aliphatic carbocycles. The number of hydrogen-bond donors (Lipinski definition) is 2. The summed E-state index contributed by atoms with van der Waals surface area (Å²) in [6.07, 6.45) is 5.80. The van der Waals surface area contributed by atoms with Gasteiger partial charge in [0.25, 0.3) is 0 Å². The summed E-state index contributed by atoms with van der Waals surface area (Å²) in [6, 6.07) is 10.1. The van der Waals surface area contributed by atoms with Crippen molar-refractivity contribution in [1.82, 2.24) is 5.32 Å². The second-order valence-corrected chi connectivity index (χ2v) is 3.71. The van der Waals surface area contributed by atoms with Gasteiger partial charge in [-0.15, -0.1) is 0 Å². The lowest BCUT2D eigenvalue weighted by atomic mass is 10.2. The molecule has 0 aromatic heterocycles. The quantitative estimate of drug-likeness (QED) is 0.594. The molecule has 1 aromatic rings. The summed E-state index contributed by atoms with van der Waals surface area (Å²) in [7, 11) is 1.76. The Bertz CT molecular complexity index is 430. The van der Waals surface area contributed by atoms with Gasteiger partial charge in [0, 0.05) is 25.5 Å². The second kappa shape index (κ2) is 8.12. The molecule has 0 atom stereocenters. The average Bonchev–Trinajstić information content (AvgIpc) is 2.42. The number of aliphatic imine (C=N–C) groups is 1. The Morgan fingerprint density at radius 1 is 1.22 bits per heavy atom. The molecule has 0 aliphatic rings. The van der Waals surface area contributed by atoms with E-state index in [2.05, 4.69) is 22.5 Å². The lowest BCUT2D eigenvalue weighted by Gasteiger charge is -2.15. The van der Waals surface area contributed by atoms with Crippen LogP contribution in [0.25, 0.3) is 0 Å². The number of nitrogens with zero attached hydrogens (tertiary/aromatic N) is 1. The standard InChI is InChI=1S/C15H21N3/c1-4-14(15(17-5-2)11-12-16-3)18-13-9-7-6-8-10-13/h4,6-12,17-18H,5H2,1-3H3/b14-4+,15-11+,16-12?. The normalized spacial score (nSPS) is 12.8. The SMILES string of the molecule is C/C=C(Nc1ccccc1)\C(=C/C=NC)NCC. The first-order valence-electron chi connectivity index (χ1n) is 6.16. The van der Waals surface area contributed by atoms with Crippen molar-refractivity contribution in [2.45, 2.75) is 13.8 Å². The van der Waals surface area contributed by atoms with Crippen LogP contribution in [0.2, 0.25) is 0 Å². The summed E-state index contributed by atoms with van der Waals surface area (Å²) in [5.41, 5.74) is 3.15. The molecule has 0 amide bonds. The number of allylic oxidation sites excluding steroid dienone is 2. The van der Waals surface area contributed by atoms with Gasteiger partial charge in [-0.25, -0.2) is 0 Å². The largest absolute Gasteiger partial charge is 0.384 e. The topological polar surface area (TPSA) is 36.4 Å². The number of para-hydroxylation sites is 1. The Kier molecular flexibility index (Phi) is 6.33. The predicted molar refractivity (Wildman–Crippen MR) is 80.0 cm³/mol. The third kappa shape index (κ3) is 4.45.